The van der Waals surface area contributed by atoms with Crippen molar-refractivity contribution >= 4 is 40.8 Å². The van der Waals surface area contributed by atoms with Gasteiger partial charge in [0.15, 0.2) is 0 Å². The van der Waals surface area contributed by atoms with Gasteiger partial charge in [0.2, 0.25) is 0 Å². The Kier molecular flexibility index (Phi) is 14.0. The fourth-order valence-corrected chi connectivity index (χ4v) is 5.71. The summed E-state index contributed by atoms with van der Waals surface area (Å²) in [6.45, 7) is 6.28. The van der Waals surface area contributed by atoms with Gasteiger partial charge in [-0.05, 0) is 122 Å². The molecule has 0 saturated heterocycles. The number of carbonyl (C=O) groups excluding carboxylic acids is 2. The van der Waals surface area contributed by atoms with Crippen LogP contribution in [0.4, 0.5) is 21.9 Å². The standard InChI is InChI=1S/C46H47NO6/c1-34-12-22-40(23-13-34)47(41-24-14-35(2)15-25-41)42-26-16-37(17-27-42)10-9-11-45(38-18-28-43(50-4)29-19-38)39-20-30-44(31-21-39)53-46(49)52-33-8-6-5-7-32-51-36(3)48/h9-31H,5-8,32-33H2,1-4H3/b10-9+,45-11+. The number of hydrogen-bond donors (Lipinski definition) is 0. The van der Waals surface area contributed by atoms with Gasteiger partial charge in [-0.25, -0.2) is 4.79 Å². The molecule has 5 aromatic carbocycles. The van der Waals surface area contributed by atoms with Gasteiger partial charge in [0.1, 0.15) is 11.5 Å². The molecule has 0 heterocycles. The highest BCUT2D eigenvalue weighted by Gasteiger charge is 2.13. The Morgan fingerprint density at radius 3 is 1.55 bits per heavy atom. The van der Waals surface area contributed by atoms with Crippen LogP contribution in [-0.2, 0) is 14.3 Å². The first-order valence-corrected chi connectivity index (χ1v) is 17.9. The van der Waals surface area contributed by atoms with Crippen molar-refractivity contribution in [3.8, 4) is 11.5 Å². The van der Waals surface area contributed by atoms with Gasteiger partial charge in [-0.3, -0.25) is 4.79 Å². The molecule has 7 nitrogen and oxygen atoms in total. The van der Waals surface area contributed by atoms with Crippen molar-refractivity contribution in [2.24, 2.45) is 0 Å². The van der Waals surface area contributed by atoms with Crippen LogP contribution in [0.5, 0.6) is 11.5 Å². The number of allylic oxidation sites excluding steroid dienone is 2. The lowest BCUT2D eigenvalue weighted by atomic mass is 9.97. The van der Waals surface area contributed by atoms with Crippen molar-refractivity contribution in [2.45, 2.75) is 46.5 Å². The predicted octanol–water partition coefficient (Wildman–Crippen LogP) is 11.6. The van der Waals surface area contributed by atoms with E-state index in [4.69, 9.17) is 18.9 Å². The van der Waals surface area contributed by atoms with Crippen LogP contribution in [0.15, 0.2) is 133 Å². The summed E-state index contributed by atoms with van der Waals surface area (Å²) in [5.41, 5.74) is 9.74. The fraction of sp³-hybridized carbons (Fsp3) is 0.217. The monoisotopic (exact) mass is 709 g/mol. The third-order valence-electron chi connectivity index (χ3n) is 8.62. The van der Waals surface area contributed by atoms with Crippen molar-refractivity contribution in [2.75, 3.05) is 25.2 Å². The maximum absolute atomic E-state index is 12.3. The lowest BCUT2D eigenvalue weighted by molar-refractivity contribution is -0.141. The molecule has 0 radical (unpaired) electrons. The average molecular weight is 710 g/mol. The molecule has 0 aliphatic carbocycles. The number of carbonyl (C=O) groups is 2. The highest BCUT2D eigenvalue weighted by atomic mass is 16.7. The van der Waals surface area contributed by atoms with Crippen LogP contribution in [0.3, 0.4) is 0 Å². The first kappa shape index (κ1) is 38.2. The Hall–Kier alpha value is -6.08. The Morgan fingerprint density at radius 1 is 0.585 bits per heavy atom. The summed E-state index contributed by atoms with van der Waals surface area (Å²) in [6, 6.07) is 41.0. The number of anilines is 3. The minimum Gasteiger partial charge on any atom is -0.497 e. The van der Waals surface area contributed by atoms with Crippen LogP contribution in [-0.4, -0.2) is 32.4 Å². The van der Waals surface area contributed by atoms with E-state index in [1.807, 2.05) is 42.5 Å². The molecule has 0 aliphatic rings. The smallest absolute Gasteiger partial charge is 0.497 e. The molecule has 5 rings (SSSR count). The van der Waals surface area contributed by atoms with Crippen LogP contribution < -0.4 is 14.4 Å². The van der Waals surface area contributed by atoms with Gasteiger partial charge in [-0.1, -0.05) is 90.0 Å². The number of nitrogens with zero attached hydrogens (tertiary/aromatic N) is 1. The minimum atomic E-state index is -0.738. The number of unbranched alkanes of at least 4 members (excludes halogenated alkanes) is 3. The van der Waals surface area contributed by atoms with E-state index in [1.165, 1.54) is 18.1 Å². The number of ether oxygens (including phenoxy) is 4. The maximum atomic E-state index is 12.3. The van der Waals surface area contributed by atoms with E-state index in [-0.39, 0.29) is 12.6 Å². The number of methoxy groups -OCH3 is 1. The van der Waals surface area contributed by atoms with Crippen molar-refractivity contribution in [3.63, 3.8) is 0 Å². The molecule has 0 unspecified atom stereocenters. The van der Waals surface area contributed by atoms with E-state index in [1.54, 1.807) is 19.2 Å². The second kappa shape index (κ2) is 19.5. The largest absolute Gasteiger partial charge is 0.513 e. The molecule has 0 aromatic heterocycles. The maximum Gasteiger partial charge on any atom is 0.513 e. The zero-order chi connectivity index (χ0) is 37.4. The molecular weight excluding hydrogens is 663 g/mol. The van der Waals surface area contributed by atoms with Crippen LogP contribution in [0.25, 0.3) is 11.6 Å². The molecule has 0 aliphatic heterocycles. The molecule has 0 N–H and O–H groups in total. The van der Waals surface area contributed by atoms with E-state index < -0.39 is 6.16 Å². The molecule has 0 bridgehead atoms. The molecular formula is C46H47NO6. The lowest BCUT2D eigenvalue weighted by Gasteiger charge is -2.25. The number of rotatable bonds is 16. The first-order chi connectivity index (χ1) is 25.8. The van der Waals surface area contributed by atoms with E-state index in [0.717, 1.165) is 64.3 Å². The lowest BCUT2D eigenvalue weighted by Crippen LogP contribution is -2.11. The molecule has 272 valence electrons. The minimum absolute atomic E-state index is 0.266. The second-order valence-electron chi connectivity index (χ2n) is 12.7. The molecule has 53 heavy (non-hydrogen) atoms. The van der Waals surface area contributed by atoms with Gasteiger partial charge < -0.3 is 23.8 Å². The average Bonchev–Trinajstić information content (AvgIpc) is 3.17. The molecule has 5 aromatic rings. The molecule has 0 amide bonds. The van der Waals surface area contributed by atoms with E-state index >= 15 is 0 Å². The predicted molar refractivity (Wildman–Crippen MR) is 213 cm³/mol. The quantitative estimate of drug-likeness (QED) is 0.0437. The molecule has 0 atom stereocenters. The van der Waals surface area contributed by atoms with Gasteiger partial charge in [-0.2, -0.15) is 0 Å². The van der Waals surface area contributed by atoms with Crippen molar-refractivity contribution in [3.05, 3.63) is 161 Å². The Morgan fingerprint density at radius 2 is 1.06 bits per heavy atom. The number of esters is 1. The zero-order valence-electron chi connectivity index (χ0n) is 30.9. The number of aryl methyl sites for hydroxylation is 2. The van der Waals surface area contributed by atoms with Crippen molar-refractivity contribution in [1.82, 2.24) is 0 Å². The van der Waals surface area contributed by atoms with Gasteiger partial charge in [0.05, 0.1) is 20.3 Å². The van der Waals surface area contributed by atoms with Gasteiger partial charge in [0, 0.05) is 24.0 Å². The summed E-state index contributed by atoms with van der Waals surface area (Å²) >= 11 is 0. The topological polar surface area (TPSA) is 74.3 Å². The third-order valence-corrected chi connectivity index (χ3v) is 8.62. The zero-order valence-corrected chi connectivity index (χ0v) is 30.9. The van der Waals surface area contributed by atoms with E-state index in [0.29, 0.717) is 18.8 Å². The number of hydrogen-bond acceptors (Lipinski definition) is 7. The Bertz CT molecular complexity index is 1920. The van der Waals surface area contributed by atoms with Crippen LogP contribution in [0.2, 0.25) is 0 Å². The molecule has 0 saturated carbocycles. The molecule has 0 spiro atoms. The SMILES string of the molecule is COc1ccc(/C(=C\C=C\c2ccc(N(c3ccc(C)cc3)c3ccc(C)cc3)cc2)c2ccc(OC(=O)OCCCCCCOC(C)=O)cc2)cc1. The Labute approximate surface area is 313 Å². The summed E-state index contributed by atoms with van der Waals surface area (Å²) in [6.07, 6.45) is 8.73. The van der Waals surface area contributed by atoms with Crippen LogP contribution >= 0.6 is 0 Å². The van der Waals surface area contributed by atoms with Gasteiger partial charge in [0.25, 0.3) is 0 Å². The normalized spacial score (nSPS) is 11.3. The molecule has 0 fully saturated rings. The van der Waals surface area contributed by atoms with Crippen molar-refractivity contribution < 1.29 is 28.5 Å². The third kappa shape index (κ3) is 11.7. The van der Waals surface area contributed by atoms with E-state index in [2.05, 4.69) is 104 Å². The van der Waals surface area contributed by atoms with Crippen molar-refractivity contribution in [1.29, 1.82) is 0 Å². The van der Waals surface area contributed by atoms with Gasteiger partial charge >= 0.3 is 12.1 Å². The van der Waals surface area contributed by atoms with E-state index in [9.17, 15) is 9.59 Å². The summed E-state index contributed by atoms with van der Waals surface area (Å²) in [4.78, 5) is 25.4. The summed E-state index contributed by atoms with van der Waals surface area (Å²) < 4.78 is 21.0. The van der Waals surface area contributed by atoms with Gasteiger partial charge in [-0.15, -0.1) is 0 Å². The van der Waals surface area contributed by atoms with Crippen LogP contribution in [0, 0.1) is 13.8 Å². The number of benzene rings is 5. The van der Waals surface area contributed by atoms with Crippen LogP contribution in [0.1, 0.15) is 60.4 Å². The first-order valence-electron chi connectivity index (χ1n) is 17.9. The highest BCUT2D eigenvalue weighted by molar-refractivity contribution is 5.82. The summed E-state index contributed by atoms with van der Waals surface area (Å²) in [5.74, 6) is 0.903. The summed E-state index contributed by atoms with van der Waals surface area (Å²) in [5, 5.41) is 0. The fourth-order valence-electron chi connectivity index (χ4n) is 5.71. The summed E-state index contributed by atoms with van der Waals surface area (Å²) in [7, 11) is 1.65. The Balaban J connectivity index is 1.27. The second-order valence-corrected chi connectivity index (χ2v) is 12.7. The molecule has 7 heteroatoms. The highest BCUT2D eigenvalue weighted by Crippen LogP contribution is 2.35.